The fourth-order valence-corrected chi connectivity index (χ4v) is 3.88. The number of amides is 2. The molecule has 1 unspecified atom stereocenters. The minimum atomic E-state index is -0.660. The van der Waals surface area contributed by atoms with E-state index in [-0.39, 0.29) is 11.8 Å². The summed E-state index contributed by atoms with van der Waals surface area (Å²) in [7, 11) is 0. The van der Waals surface area contributed by atoms with Crippen molar-refractivity contribution in [2.24, 2.45) is 0 Å². The molecule has 1 N–H and O–H groups in total. The third-order valence-corrected chi connectivity index (χ3v) is 5.45. The van der Waals surface area contributed by atoms with Gasteiger partial charge in [-0.2, -0.15) is 0 Å². The number of aromatic nitrogens is 1. The second-order valence-electron chi connectivity index (χ2n) is 6.77. The van der Waals surface area contributed by atoms with Gasteiger partial charge in [-0.25, -0.2) is 0 Å². The molecular formula is C22H20N2O2. The van der Waals surface area contributed by atoms with E-state index in [9.17, 15) is 9.59 Å². The second-order valence-corrected chi connectivity index (χ2v) is 6.77. The summed E-state index contributed by atoms with van der Waals surface area (Å²) in [6.07, 6.45) is 3.36. The lowest BCUT2D eigenvalue weighted by atomic mass is 9.71. The van der Waals surface area contributed by atoms with Crippen LogP contribution in [0, 0.1) is 0 Å². The van der Waals surface area contributed by atoms with Crippen molar-refractivity contribution in [2.75, 3.05) is 0 Å². The Balaban J connectivity index is 1.84. The summed E-state index contributed by atoms with van der Waals surface area (Å²) in [5.41, 5.74) is 3.39. The lowest BCUT2D eigenvalue weighted by molar-refractivity contribution is -0.138. The van der Waals surface area contributed by atoms with Crippen molar-refractivity contribution in [3.63, 3.8) is 0 Å². The molecule has 4 nitrogen and oxygen atoms in total. The summed E-state index contributed by atoms with van der Waals surface area (Å²) in [4.78, 5) is 28.7. The highest BCUT2D eigenvalue weighted by molar-refractivity contribution is 6.04. The average molecular weight is 344 g/mol. The number of piperidine rings is 1. The summed E-state index contributed by atoms with van der Waals surface area (Å²) >= 11 is 0. The van der Waals surface area contributed by atoms with Crippen LogP contribution in [0.5, 0.6) is 0 Å². The predicted octanol–water partition coefficient (Wildman–Crippen LogP) is 3.99. The first kappa shape index (κ1) is 16.5. The van der Waals surface area contributed by atoms with Crippen LogP contribution >= 0.6 is 0 Å². The summed E-state index contributed by atoms with van der Waals surface area (Å²) in [6, 6.07) is 18.3. The highest BCUT2D eigenvalue weighted by Gasteiger charge is 2.42. The molecular weight excluding hydrogens is 324 g/mol. The van der Waals surface area contributed by atoms with E-state index in [2.05, 4.69) is 22.4 Å². The van der Waals surface area contributed by atoms with Crippen LogP contribution in [0.2, 0.25) is 0 Å². The number of carbonyl (C=O) groups is 2. The number of fused-ring (bicyclic) bond motifs is 1. The number of nitrogens with zero attached hydrogens (tertiary/aromatic N) is 1. The normalized spacial score (nSPS) is 20.2. The van der Waals surface area contributed by atoms with Gasteiger partial charge in [-0.1, -0.05) is 49.4 Å². The Morgan fingerprint density at radius 2 is 1.88 bits per heavy atom. The van der Waals surface area contributed by atoms with Gasteiger partial charge in [0.2, 0.25) is 11.8 Å². The van der Waals surface area contributed by atoms with Crippen molar-refractivity contribution >= 4 is 22.7 Å². The topological polar surface area (TPSA) is 59.1 Å². The van der Waals surface area contributed by atoms with Crippen molar-refractivity contribution in [3.05, 3.63) is 66.4 Å². The van der Waals surface area contributed by atoms with Gasteiger partial charge in [-0.15, -0.1) is 0 Å². The Kier molecular flexibility index (Phi) is 4.03. The lowest BCUT2D eigenvalue weighted by Crippen LogP contribution is -2.51. The number of hydrogen-bond acceptors (Lipinski definition) is 3. The molecule has 0 radical (unpaired) electrons. The highest BCUT2D eigenvalue weighted by atomic mass is 16.2. The van der Waals surface area contributed by atoms with Crippen molar-refractivity contribution in [2.45, 2.75) is 31.6 Å². The van der Waals surface area contributed by atoms with Gasteiger partial charge in [0, 0.05) is 18.0 Å². The Hall–Kier alpha value is -3.01. The van der Waals surface area contributed by atoms with Gasteiger partial charge in [0.1, 0.15) is 0 Å². The smallest absolute Gasteiger partial charge is 0.237 e. The average Bonchev–Trinajstić information content (AvgIpc) is 2.68. The standard InChI is InChI=1S/C22H20N2O2/c1-2-22(12-10-20(25)24-21(22)26)16-8-9-18-17(11-13-23-19(18)14-16)15-6-4-3-5-7-15/h3-9,11,13-14H,2,10,12H2,1H3,(H,24,25,26). The molecule has 0 bridgehead atoms. The number of hydrogen-bond donors (Lipinski definition) is 1. The summed E-state index contributed by atoms with van der Waals surface area (Å²) in [5.74, 6) is -0.390. The summed E-state index contributed by atoms with van der Waals surface area (Å²) in [5, 5.41) is 3.56. The number of carbonyl (C=O) groups excluding carboxylic acids is 2. The Labute approximate surface area is 152 Å². The van der Waals surface area contributed by atoms with Gasteiger partial charge in [-0.05, 0) is 41.7 Å². The van der Waals surface area contributed by atoms with Crippen molar-refractivity contribution < 1.29 is 9.59 Å². The van der Waals surface area contributed by atoms with Gasteiger partial charge in [0.25, 0.3) is 0 Å². The SMILES string of the molecule is CCC1(c2ccc3c(-c4ccccc4)ccnc3c2)CCC(=O)NC1=O. The molecule has 130 valence electrons. The quantitative estimate of drug-likeness (QED) is 0.731. The largest absolute Gasteiger partial charge is 0.296 e. The van der Waals surface area contributed by atoms with E-state index in [1.807, 2.05) is 49.4 Å². The first-order valence-electron chi connectivity index (χ1n) is 8.93. The second kappa shape index (κ2) is 6.37. The van der Waals surface area contributed by atoms with Crippen molar-refractivity contribution in [1.82, 2.24) is 10.3 Å². The maximum Gasteiger partial charge on any atom is 0.237 e. The van der Waals surface area contributed by atoms with Crippen LogP contribution in [0.4, 0.5) is 0 Å². The van der Waals surface area contributed by atoms with Crippen molar-refractivity contribution in [3.8, 4) is 11.1 Å². The van der Waals surface area contributed by atoms with Gasteiger partial charge in [0.05, 0.1) is 10.9 Å². The summed E-state index contributed by atoms with van der Waals surface area (Å²) < 4.78 is 0. The van der Waals surface area contributed by atoms with Crippen LogP contribution in [0.1, 0.15) is 31.7 Å². The van der Waals surface area contributed by atoms with E-state index in [0.717, 1.165) is 27.6 Å². The fourth-order valence-electron chi connectivity index (χ4n) is 3.88. The first-order valence-corrected chi connectivity index (χ1v) is 8.93. The van der Waals surface area contributed by atoms with E-state index in [1.165, 1.54) is 0 Å². The molecule has 4 rings (SSSR count). The molecule has 1 saturated heterocycles. The minimum absolute atomic E-state index is 0.190. The molecule has 0 spiro atoms. The molecule has 0 aliphatic carbocycles. The summed E-state index contributed by atoms with van der Waals surface area (Å²) in [6.45, 7) is 1.99. The Bertz CT molecular complexity index is 997. The molecule has 4 heteroatoms. The van der Waals surface area contributed by atoms with Crippen LogP contribution in [0.3, 0.4) is 0 Å². The molecule has 2 amide bonds. The van der Waals surface area contributed by atoms with Crippen LogP contribution in [-0.4, -0.2) is 16.8 Å². The molecule has 1 fully saturated rings. The molecule has 26 heavy (non-hydrogen) atoms. The number of imide groups is 1. The molecule has 2 aromatic carbocycles. The number of nitrogens with one attached hydrogen (secondary N) is 1. The van der Waals surface area contributed by atoms with Crippen LogP contribution in [0.15, 0.2) is 60.8 Å². The van der Waals surface area contributed by atoms with E-state index < -0.39 is 5.41 Å². The minimum Gasteiger partial charge on any atom is -0.296 e. The van der Waals surface area contributed by atoms with Gasteiger partial charge in [-0.3, -0.25) is 19.9 Å². The fraction of sp³-hybridized carbons (Fsp3) is 0.227. The number of pyridine rings is 1. The number of rotatable bonds is 3. The monoisotopic (exact) mass is 344 g/mol. The molecule has 2 heterocycles. The van der Waals surface area contributed by atoms with Gasteiger partial charge in [0.15, 0.2) is 0 Å². The van der Waals surface area contributed by atoms with Gasteiger partial charge < -0.3 is 0 Å². The van der Waals surface area contributed by atoms with E-state index in [4.69, 9.17) is 0 Å². The highest BCUT2D eigenvalue weighted by Crippen LogP contribution is 2.38. The molecule has 1 aromatic heterocycles. The van der Waals surface area contributed by atoms with Crippen molar-refractivity contribution in [1.29, 1.82) is 0 Å². The van der Waals surface area contributed by atoms with E-state index in [1.54, 1.807) is 6.20 Å². The van der Waals surface area contributed by atoms with Crippen LogP contribution in [0.25, 0.3) is 22.0 Å². The van der Waals surface area contributed by atoms with E-state index >= 15 is 0 Å². The zero-order chi connectivity index (χ0) is 18.1. The van der Waals surface area contributed by atoms with E-state index in [0.29, 0.717) is 19.3 Å². The molecule has 1 atom stereocenters. The zero-order valence-corrected chi connectivity index (χ0v) is 14.7. The maximum atomic E-state index is 12.6. The van der Waals surface area contributed by atoms with Crippen LogP contribution < -0.4 is 5.32 Å². The van der Waals surface area contributed by atoms with Gasteiger partial charge >= 0.3 is 0 Å². The molecule has 3 aromatic rings. The Morgan fingerprint density at radius 1 is 1.08 bits per heavy atom. The zero-order valence-electron chi connectivity index (χ0n) is 14.7. The third-order valence-electron chi connectivity index (χ3n) is 5.45. The lowest BCUT2D eigenvalue weighted by Gasteiger charge is -2.35. The first-order chi connectivity index (χ1) is 12.6. The Morgan fingerprint density at radius 3 is 2.62 bits per heavy atom. The number of benzene rings is 2. The third kappa shape index (κ3) is 2.58. The molecule has 1 aliphatic rings. The molecule has 0 saturated carbocycles. The predicted molar refractivity (Wildman–Crippen MR) is 102 cm³/mol. The molecule has 1 aliphatic heterocycles. The van der Waals surface area contributed by atoms with Crippen LogP contribution in [-0.2, 0) is 15.0 Å². The maximum absolute atomic E-state index is 12.6.